The van der Waals surface area contributed by atoms with Crippen molar-refractivity contribution in [2.24, 2.45) is 0 Å². The number of rotatable bonds is 6. The molecule has 1 N–H and O–H groups in total. The van der Waals surface area contributed by atoms with Gasteiger partial charge in [-0.25, -0.2) is 0 Å². The second-order valence-electron chi connectivity index (χ2n) is 8.25. The van der Waals surface area contributed by atoms with Gasteiger partial charge >= 0.3 is 0 Å². The monoisotopic (exact) mass is 428 g/mol. The molecular formula is C26H28N4O2. The number of hydrogen-bond donors (Lipinski definition) is 1. The number of anilines is 2. The molecular weight excluding hydrogens is 400 g/mol. The van der Waals surface area contributed by atoms with Crippen LogP contribution in [0.2, 0.25) is 0 Å². The molecule has 1 aliphatic rings. The minimum Gasteiger partial charge on any atom is -0.323 e. The lowest BCUT2D eigenvalue weighted by Gasteiger charge is -2.15. The van der Waals surface area contributed by atoms with E-state index in [1.54, 1.807) is 4.90 Å². The highest BCUT2D eigenvalue weighted by molar-refractivity contribution is 6.02. The van der Waals surface area contributed by atoms with Gasteiger partial charge in [-0.05, 0) is 63.1 Å². The van der Waals surface area contributed by atoms with Gasteiger partial charge in [0.1, 0.15) is 0 Å². The molecule has 1 saturated heterocycles. The van der Waals surface area contributed by atoms with Crippen LogP contribution < -0.4 is 10.2 Å². The van der Waals surface area contributed by atoms with Crippen LogP contribution in [-0.4, -0.2) is 28.1 Å². The van der Waals surface area contributed by atoms with Gasteiger partial charge in [-0.15, -0.1) is 0 Å². The van der Waals surface area contributed by atoms with Crippen molar-refractivity contribution in [1.29, 1.82) is 0 Å². The number of aryl methyl sites for hydroxylation is 2. The summed E-state index contributed by atoms with van der Waals surface area (Å²) in [4.78, 5) is 26.1. The van der Waals surface area contributed by atoms with E-state index < -0.39 is 0 Å². The van der Waals surface area contributed by atoms with Crippen molar-refractivity contribution in [2.75, 3.05) is 16.8 Å². The van der Waals surface area contributed by atoms with E-state index in [1.807, 2.05) is 48.9 Å². The third kappa shape index (κ3) is 4.80. The summed E-state index contributed by atoms with van der Waals surface area (Å²) in [5.74, 6) is -0.0570. The lowest BCUT2D eigenvalue weighted by atomic mass is 10.1. The minimum absolute atomic E-state index is 0.151. The smallest absolute Gasteiger partial charge is 0.248 e. The number of carbonyl (C=O) groups excluding carboxylic acids is 2. The summed E-state index contributed by atoms with van der Waals surface area (Å²) in [7, 11) is 0. The molecule has 0 unspecified atom stereocenters. The zero-order valence-corrected chi connectivity index (χ0v) is 18.8. The number of benzene rings is 2. The standard InChI is InChI=1S/C26H28N4O2/c1-18-6-8-21(9-7-18)17-30-20(3)24(19(2)28-30)14-15-25(31)27-22-10-12-23(13-11-22)29-16-4-5-26(29)32/h6-15H,4-5,16-17H2,1-3H3,(H,27,31)/b15-14+. The molecule has 0 atom stereocenters. The van der Waals surface area contributed by atoms with Gasteiger partial charge in [0.15, 0.2) is 0 Å². The summed E-state index contributed by atoms with van der Waals surface area (Å²) in [5, 5.41) is 7.52. The Morgan fingerprint density at radius 2 is 1.78 bits per heavy atom. The van der Waals surface area contributed by atoms with Crippen LogP contribution in [0.4, 0.5) is 11.4 Å². The Hall–Kier alpha value is -3.67. The fourth-order valence-corrected chi connectivity index (χ4v) is 3.96. The molecule has 1 fully saturated rings. The van der Waals surface area contributed by atoms with E-state index in [1.165, 1.54) is 17.2 Å². The molecule has 2 heterocycles. The fourth-order valence-electron chi connectivity index (χ4n) is 3.96. The molecule has 0 bridgehead atoms. The molecule has 4 rings (SSSR count). The van der Waals surface area contributed by atoms with Crippen molar-refractivity contribution in [2.45, 2.75) is 40.2 Å². The minimum atomic E-state index is -0.208. The maximum Gasteiger partial charge on any atom is 0.248 e. The first kappa shape index (κ1) is 21.6. The van der Waals surface area contributed by atoms with E-state index in [0.29, 0.717) is 18.7 Å². The first-order chi connectivity index (χ1) is 15.4. The average Bonchev–Trinajstić information content (AvgIpc) is 3.31. The van der Waals surface area contributed by atoms with Gasteiger partial charge in [0.2, 0.25) is 11.8 Å². The van der Waals surface area contributed by atoms with E-state index in [4.69, 9.17) is 0 Å². The van der Waals surface area contributed by atoms with E-state index in [9.17, 15) is 9.59 Å². The number of nitrogens with one attached hydrogen (secondary N) is 1. The number of aromatic nitrogens is 2. The van der Waals surface area contributed by atoms with Gasteiger partial charge in [0, 0.05) is 41.7 Å². The van der Waals surface area contributed by atoms with Crippen LogP contribution in [0.5, 0.6) is 0 Å². The van der Waals surface area contributed by atoms with Crippen LogP contribution >= 0.6 is 0 Å². The Morgan fingerprint density at radius 1 is 1.06 bits per heavy atom. The van der Waals surface area contributed by atoms with Crippen molar-refractivity contribution in [3.8, 4) is 0 Å². The predicted molar refractivity (Wildman–Crippen MR) is 128 cm³/mol. The number of amides is 2. The van der Waals surface area contributed by atoms with Crippen molar-refractivity contribution in [3.05, 3.63) is 82.7 Å². The Bertz CT molecular complexity index is 1160. The predicted octanol–water partition coefficient (Wildman–Crippen LogP) is 4.64. The Labute approximate surface area is 188 Å². The first-order valence-corrected chi connectivity index (χ1v) is 10.9. The number of carbonyl (C=O) groups is 2. The molecule has 0 spiro atoms. The third-order valence-corrected chi connectivity index (χ3v) is 5.81. The zero-order chi connectivity index (χ0) is 22.7. The summed E-state index contributed by atoms with van der Waals surface area (Å²) < 4.78 is 1.97. The van der Waals surface area contributed by atoms with Gasteiger partial charge in [-0.3, -0.25) is 14.3 Å². The van der Waals surface area contributed by atoms with Crippen LogP contribution in [0.15, 0.2) is 54.6 Å². The van der Waals surface area contributed by atoms with Crippen molar-refractivity contribution < 1.29 is 9.59 Å². The topological polar surface area (TPSA) is 67.2 Å². The maximum atomic E-state index is 12.4. The van der Waals surface area contributed by atoms with Gasteiger partial charge in [0.05, 0.1) is 12.2 Å². The van der Waals surface area contributed by atoms with Gasteiger partial charge in [-0.1, -0.05) is 29.8 Å². The summed E-state index contributed by atoms with van der Waals surface area (Å²) >= 11 is 0. The molecule has 1 aromatic heterocycles. The lowest BCUT2D eigenvalue weighted by Crippen LogP contribution is -2.23. The molecule has 0 aliphatic carbocycles. The van der Waals surface area contributed by atoms with Gasteiger partial charge in [-0.2, -0.15) is 5.10 Å². The molecule has 1 aliphatic heterocycles. The van der Waals surface area contributed by atoms with Crippen LogP contribution in [0.3, 0.4) is 0 Å². The van der Waals surface area contributed by atoms with Crippen molar-refractivity contribution >= 4 is 29.3 Å². The Balaban J connectivity index is 1.40. The SMILES string of the molecule is Cc1ccc(Cn2nc(C)c(/C=C/C(=O)Nc3ccc(N4CCCC4=O)cc3)c2C)cc1. The van der Waals surface area contributed by atoms with Crippen LogP contribution in [-0.2, 0) is 16.1 Å². The zero-order valence-electron chi connectivity index (χ0n) is 18.8. The second kappa shape index (κ2) is 9.22. The highest BCUT2D eigenvalue weighted by Gasteiger charge is 2.21. The van der Waals surface area contributed by atoms with Crippen molar-refractivity contribution in [3.63, 3.8) is 0 Å². The fraction of sp³-hybridized carbons (Fsp3) is 0.269. The summed E-state index contributed by atoms with van der Waals surface area (Å²) in [6.07, 6.45) is 4.84. The molecule has 6 heteroatoms. The van der Waals surface area contributed by atoms with Crippen LogP contribution in [0.25, 0.3) is 6.08 Å². The van der Waals surface area contributed by atoms with E-state index in [-0.39, 0.29) is 11.8 Å². The summed E-state index contributed by atoms with van der Waals surface area (Å²) in [5.41, 5.74) is 6.84. The molecule has 2 aromatic carbocycles. The molecule has 2 amide bonds. The normalized spacial score (nSPS) is 13.8. The van der Waals surface area contributed by atoms with E-state index >= 15 is 0 Å². The summed E-state index contributed by atoms with van der Waals surface area (Å²) in [6.45, 7) is 7.49. The number of nitrogens with zero attached hydrogens (tertiary/aromatic N) is 3. The quantitative estimate of drug-likeness (QED) is 0.582. The molecule has 0 saturated carbocycles. The molecule has 32 heavy (non-hydrogen) atoms. The lowest BCUT2D eigenvalue weighted by molar-refractivity contribution is -0.117. The van der Waals surface area contributed by atoms with E-state index in [2.05, 4.69) is 41.6 Å². The second-order valence-corrected chi connectivity index (χ2v) is 8.25. The van der Waals surface area contributed by atoms with Gasteiger partial charge in [0.25, 0.3) is 0 Å². The molecule has 164 valence electrons. The Kier molecular flexibility index (Phi) is 6.21. The van der Waals surface area contributed by atoms with Crippen LogP contribution in [0, 0.1) is 20.8 Å². The van der Waals surface area contributed by atoms with Crippen molar-refractivity contribution in [1.82, 2.24) is 9.78 Å². The summed E-state index contributed by atoms with van der Waals surface area (Å²) in [6, 6.07) is 15.8. The maximum absolute atomic E-state index is 12.4. The highest BCUT2D eigenvalue weighted by atomic mass is 16.2. The first-order valence-electron chi connectivity index (χ1n) is 10.9. The van der Waals surface area contributed by atoms with Crippen LogP contribution in [0.1, 0.15) is 40.9 Å². The van der Waals surface area contributed by atoms with E-state index in [0.717, 1.165) is 35.6 Å². The number of hydrogen-bond acceptors (Lipinski definition) is 3. The molecule has 3 aromatic rings. The van der Waals surface area contributed by atoms with Gasteiger partial charge < -0.3 is 10.2 Å². The Morgan fingerprint density at radius 3 is 2.44 bits per heavy atom. The average molecular weight is 429 g/mol. The largest absolute Gasteiger partial charge is 0.323 e. The molecule has 0 radical (unpaired) electrons. The third-order valence-electron chi connectivity index (χ3n) is 5.81. The highest BCUT2D eigenvalue weighted by Crippen LogP contribution is 2.23. The molecule has 6 nitrogen and oxygen atoms in total.